The maximum Gasteiger partial charge on any atom is 0.241 e. The van der Waals surface area contributed by atoms with Crippen molar-refractivity contribution in [3.63, 3.8) is 0 Å². The number of amides is 1. The predicted octanol–water partition coefficient (Wildman–Crippen LogP) is 1.13. The van der Waals surface area contributed by atoms with Crippen LogP contribution in [-0.4, -0.2) is 18.5 Å². The van der Waals surface area contributed by atoms with Crippen molar-refractivity contribution in [1.82, 2.24) is 5.32 Å². The van der Waals surface area contributed by atoms with Crippen LogP contribution in [0.4, 0.5) is 10.1 Å². The average molecular weight is 194 g/mol. The molecule has 1 aromatic rings. The molecule has 0 aromatic heterocycles. The van der Waals surface area contributed by atoms with Crippen LogP contribution in [0.25, 0.3) is 0 Å². The van der Waals surface area contributed by atoms with Gasteiger partial charge in [0.05, 0.1) is 6.04 Å². The zero-order chi connectivity index (χ0) is 9.97. The molecule has 1 fully saturated rings. The van der Waals surface area contributed by atoms with E-state index in [1.165, 1.54) is 12.1 Å². The summed E-state index contributed by atoms with van der Waals surface area (Å²) in [6.07, 6.45) is 0.848. The van der Waals surface area contributed by atoms with Gasteiger partial charge in [-0.05, 0) is 31.2 Å². The molecule has 1 amide bonds. The van der Waals surface area contributed by atoms with E-state index < -0.39 is 0 Å². The topological polar surface area (TPSA) is 41.1 Å². The second-order valence-corrected chi connectivity index (χ2v) is 3.29. The van der Waals surface area contributed by atoms with Crippen LogP contribution >= 0.6 is 0 Å². The van der Waals surface area contributed by atoms with Gasteiger partial charge in [-0.1, -0.05) is 6.07 Å². The molecule has 1 aliphatic rings. The zero-order valence-corrected chi connectivity index (χ0v) is 7.59. The lowest BCUT2D eigenvalue weighted by Crippen LogP contribution is -2.50. The van der Waals surface area contributed by atoms with E-state index in [0.29, 0.717) is 5.69 Å². The van der Waals surface area contributed by atoms with Crippen LogP contribution in [0.3, 0.4) is 0 Å². The van der Waals surface area contributed by atoms with Gasteiger partial charge < -0.3 is 10.6 Å². The van der Waals surface area contributed by atoms with Crippen molar-refractivity contribution in [2.24, 2.45) is 0 Å². The summed E-state index contributed by atoms with van der Waals surface area (Å²) in [5, 5.41) is 5.62. The van der Waals surface area contributed by atoms with Gasteiger partial charge in [0.2, 0.25) is 5.91 Å². The summed E-state index contributed by atoms with van der Waals surface area (Å²) >= 11 is 0. The largest absolute Gasteiger partial charge is 0.325 e. The monoisotopic (exact) mass is 194 g/mol. The summed E-state index contributed by atoms with van der Waals surface area (Å²) in [4.78, 5) is 11.4. The summed E-state index contributed by atoms with van der Waals surface area (Å²) in [5.41, 5.74) is 0.503. The van der Waals surface area contributed by atoms with E-state index >= 15 is 0 Å². The van der Waals surface area contributed by atoms with Crippen molar-refractivity contribution in [3.8, 4) is 0 Å². The maximum absolute atomic E-state index is 12.7. The van der Waals surface area contributed by atoms with Crippen LogP contribution in [0, 0.1) is 5.82 Å². The third kappa shape index (κ3) is 1.90. The smallest absolute Gasteiger partial charge is 0.241 e. The zero-order valence-electron chi connectivity index (χ0n) is 7.59. The first kappa shape index (κ1) is 9.15. The standard InChI is InChI=1S/C10H11FN2O/c11-7-2-1-3-8(6-7)13-10(14)9-4-5-12-9/h1-3,6,9,12H,4-5H2,(H,13,14). The van der Waals surface area contributed by atoms with E-state index in [9.17, 15) is 9.18 Å². The number of hydrogen-bond donors (Lipinski definition) is 2. The highest BCUT2D eigenvalue weighted by atomic mass is 19.1. The molecule has 0 aliphatic carbocycles. The van der Waals surface area contributed by atoms with Gasteiger partial charge >= 0.3 is 0 Å². The fourth-order valence-electron chi connectivity index (χ4n) is 1.31. The molecule has 1 heterocycles. The Kier molecular flexibility index (Phi) is 2.45. The van der Waals surface area contributed by atoms with Crippen molar-refractivity contribution in [2.75, 3.05) is 11.9 Å². The lowest BCUT2D eigenvalue weighted by atomic mass is 10.1. The van der Waals surface area contributed by atoms with Crippen molar-refractivity contribution >= 4 is 11.6 Å². The molecule has 4 heteroatoms. The molecule has 1 aliphatic heterocycles. The highest BCUT2D eigenvalue weighted by Crippen LogP contribution is 2.11. The summed E-state index contributed by atoms with van der Waals surface area (Å²) in [5.74, 6) is -0.439. The lowest BCUT2D eigenvalue weighted by molar-refractivity contribution is -0.119. The molecule has 74 valence electrons. The summed E-state index contributed by atoms with van der Waals surface area (Å²) in [7, 11) is 0. The number of halogens is 1. The molecule has 1 saturated heterocycles. The van der Waals surface area contributed by atoms with Crippen LogP contribution in [0.5, 0.6) is 0 Å². The van der Waals surface area contributed by atoms with E-state index in [1.807, 2.05) is 0 Å². The molecule has 1 unspecified atom stereocenters. The second kappa shape index (κ2) is 3.75. The number of rotatable bonds is 2. The number of carbonyl (C=O) groups is 1. The molecular weight excluding hydrogens is 183 g/mol. The van der Waals surface area contributed by atoms with E-state index in [4.69, 9.17) is 0 Å². The Bertz CT molecular complexity index is 350. The SMILES string of the molecule is O=C(Nc1cccc(F)c1)C1CCN1. The highest BCUT2D eigenvalue weighted by Gasteiger charge is 2.24. The van der Waals surface area contributed by atoms with Gasteiger partial charge in [-0.2, -0.15) is 0 Å². The van der Waals surface area contributed by atoms with Crippen molar-refractivity contribution < 1.29 is 9.18 Å². The Morgan fingerprint density at radius 2 is 2.36 bits per heavy atom. The average Bonchev–Trinajstić information content (AvgIpc) is 1.99. The fourth-order valence-corrected chi connectivity index (χ4v) is 1.31. The molecule has 0 saturated carbocycles. The minimum Gasteiger partial charge on any atom is -0.325 e. The number of hydrogen-bond acceptors (Lipinski definition) is 2. The molecule has 2 N–H and O–H groups in total. The minimum absolute atomic E-state index is 0.0955. The van der Waals surface area contributed by atoms with Crippen LogP contribution in [0.15, 0.2) is 24.3 Å². The molecule has 0 radical (unpaired) electrons. The predicted molar refractivity (Wildman–Crippen MR) is 51.4 cm³/mol. The third-order valence-electron chi connectivity index (χ3n) is 2.23. The first-order valence-electron chi connectivity index (χ1n) is 4.55. The van der Waals surface area contributed by atoms with Crippen molar-refractivity contribution in [2.45, 2.75) is 12.5 Å². The Hall–Kier alpha value is -1.42. The normalized spacial score (nSPS) is 19.9. The molecule has 3 nitrogen and oxygen atoms in total. The lowest BCUT2D eigenvalue weighted by Gasteiger charge is -2.26. The molecule has 2 rings (SSSR count). The van der Waals surface area contributed by atoms with E-state index in [0.717, 1.165) is 13.0 Å². The fraction of sp³-hybridized carbons (Fsp3) is 0.300. The van der Waals surface area contributed by atoms with Crippen LogP contribution in [-0.2, 0) is 4.79 Å². The Morgan fingerprint density at radius 3 is 2.93 bits per heavy atom. The molecule has 1 aromatic carbocycles. The van der Waals surface area contributed by atoms with Crippen LogP contribution < -0.4 is 10.6 Å². The van der Waals surface area contributed by atoms with Gasteiger partial charge in [0.1, 0.15) is 5.82 Å². The quantitative estimate of drug-likeness (QED) is 0.740. The number of nitrogens with one attached hydrogen (secondary N) is 2. The van der Waals surface area contributed by atoms with Crippen LogP contribution in [0.1, 0.15) is 6.42 Å². The molecule has 0 spiro atoms. The maximum atomic E-state index is 12.7. The van der Waals surface area contributed by atoms with Gasteiger partial charge in [0.15, 0.2) is 0 Å². The summed E-state index contributed by atoms with van der Waals surface area (Å²) in [6.45, 7) is 0.876. The summed E-state index contributed by atoms with van der Waals surface area (Å²) < 4.78 is 12.7. The minimum atomic E-state index is -0.343. The first-order valence-corrected chi connectivity index (χ1v) is 4.55. The van der Waals surface area contributed by atoms with E-state index in [2.05, 4.69) is 10.6 Å². The van der Waals surface area contributed by atoms with Crippen molar-refractivity contribution in [1.29, 1.82) is 0 Å². The van der Waals surface area contributed by atoms with Gasteiger partial charge in [-0.15, -0.1) is 0 Å². The van der Waals surface area contributed by atoms with E-state index in [-0.39, 0.29) is 17.8 Å². The van der Waals surface area contributed by atoms with Gasteiger partial charge in [0, 0.05) is 5.69 Å². The molecule has 0 bridgehead atoms. The number of anilines is 1. The van der Waals surface area contributed by atoms with Gasteiger partial charge in [-0.25, -0.2) is 4.39 Å². The highest BCUT2D eigenvalue weighted by molar-refractivity contribution is 5.95. The molecule has 14 heavy (non-hydrogen) atoms. The molecule has 1 atom stereocenters. The van der Waals surface area contributed by atoms with Crippen LogP contribution in [0.2, 0.25) is 0 Å². The van der Waals surface area contributed by atoms with Gasteiger partial charge in [-0.3, -0.25) is 4.79 Å². The Morgan fingerprint density at radius 1 is 1.57 bits per heavy atom. The van der Waals surface area contributed by atoms with Crippen molar-refractivity contribution in [3.05, 3.63) is 30.1 Å². The second-order valence-electron chi connectivity index (χ2n) is 3.29. The number of benzene rings is 1. The molecular formula is C10H11FN2O. The van der Waals surface area contributed by atoms with Gasteiger partial charge in [0.25, 0.3) is 0 Å². The Labute approximate surface area is 81.3 Å². The Balaban J connectivity index is 1.99. The third-order valence-corrected chi connectivity index (χ3v) is 2.23. The summed E-state index contributed by atoms with van der Waals surface area (Å²) in [6, 6.07) is 5.77. The first-order chi connectivity index (χ1) is 6.75. The van der Waals surface area contributed by atoms with E-state index in [1.54, 1.807) is 12.1 Å². The number of carbonyl (C=O) groups excluding carboxylic acids is 1.